The highest BCUT2D eigenvalue weighted by Gasteiger charge is 2.31. The molecule has 0 bridgehead atoms. The predicted molar refractivity (Wildman–Crippen MR) is 85.7 cm³/mol. The monoisotopic (exact) mass is 337 g/mol. The van der Waals surface area contributed by atoms with Crippen LogP contribution in [-0.2, 0) is 4.79 Å². The van der Waals surface area contributed by atoms with E-state index in [-0.39, 0.29) is 23.7 Å². The van der Waals surface area contributed by atoms with Crippen LogP contribution in [-0.4, -0.2) is 5.91 Å². The summed E-state index contributed by atoms with van der Waals surface area (Å²) in [5.41, 5.74) is 1.74. The highest BCUT2D eigenvalue weighted by atomic mass is 35.5. The van der Waals surface area contributed by atoms with Gasteiger partial charge in [0.15, 0.2) is 0 Å². The van der Waals surface area contributed by atoms with Gasteiger partial charge in [-0.1, -0.05) is 35.3 Å². The van der Waals surface area contributed by atoms with Crippen LogP contribution in [0.3, 0.4) is 0 Å². The molecule has 1 aliphatic heterocycles. The van der Waals surface area contributed by atoms with Crippen LogP contribution < -0.4 is 5.32 Å². The maximum atomic E-state index is 13.7. The summed E-state index contributed by atoms with van der Waals surface area (Å²) in [4.78, 5) is 11.8. The Morgan fingerprint density at radius 2 is 1.73 bits per heavy atom. The Morgan fingerprint density at radius 3 is 2.41 bits per heavy atom. The van der Waals surface area contributed by atoms with Crippen LogP contribution in [0.5, 0.6) is 0 Å². The van der Waals surface area contributed by atoms with Gasteiger partial charge in [0.05, 0.1) is 6.04 Å². The molecule has 3 rings (SSSR count). The second-order valence-electron chi connectivity index (χ2n) is 5.44. The van der Waals surface area contributed by atoms with Crippen molar-refractivity contribution >= 4 is 29.1 Å². The van der Waals surface area contributed by atoms with Crippen LogP contribution in [0.4, 0.5) is 4.39 Å². The first-order chi connectivity index (χ1) is 10.5. The van der Waals surface area contributed by atoms with Crippen molar-refractivity contribution in [3.63, 3.8) is 0 Å². The van der Waals surface area contributed by atoms with Crippen LogP contribution in [0.2, 0.25) is 10.0 Å². The van der Waals surface area contributed by atoms with E-state index in [4.69, 9.17) is 23.2 Å². The van der Waals surface area contributed by atoms with E-state index in [1.165, 1.54) is 12.1 Å². The number of carbonyl (C=O) groups is 1. The molecule has 1 saturated heterocycles. The molecule has 1 aliphatic rings. The van der Waals surface area contributed by atoms with Crippen molar-refractivity contribution in [2.24, 2.45) is 0 Å². The maximum Gasteiger partial charge on any atom is 0.220 e. The molecule has 2 nitrogen and oxygen atoms in total. The highest BCUT2D eigenvalue weighted by Crippen LogP contribution is 2.39. The lowest BCUT2D eigenvalue weighted by Gasteiger charge is -2.33. The number of carbonyl (C=O) groups excluding carboxylic acids is 1. The number of hydrogen-bond donors (Lipinski definition) is 1. The second kappa shape index (κ2) is 6.27. The fourth-order valence-corrected chi connectivity index (χ4v) is 3.29. The predicted octanol–water partition coefficient (Wildman–Crippen LogP) is 4.87. The van der Waals surface area contributed by atoms with E-state index in [0.29, 0.717) is 22.9 Å². The summed E-state index contributed by atoms with van der Waals surface area (Å²) in [6.07, 6.45) is 1.07. The molecule has 0 aliphatic carbocycles. The van der Waals surface area contributed by atoms with Gasteiger partial charge in [0.25, 0.3) is 0 Å². The first-order valence-electron chi connectivity index (χ1n) is 7.04. The molecular formula is C17H14Cl2FNO. The van der Waals surface area contributed by atoms with Crippen LogP contribution >= 0.6 is 23.2 Å². The van der Waals surface area contributed by atoms with E-state index < -0.39 is 0 Å². The van der Waals surface area contributed by atoms with Gasteiger partial charge in [-0.2, -0.15) is 0 Å². The topological polar surface area (TPSA) is 29.1 Å². The molecule has 0 aromatic heterocycles. The molecule has 1 fully saturated rings. The Labute approximate surface area is 138 Å². The van der Waals surface area contributed by atoms with Crippen molar-refractivity contribution in [3.05, 3.63) is 69.5 Å². The van der Waals surface area contributed by atoms with Crippen LogP contribution in [0.25, 0.3) is 0 Å². The Bertz CT molecular complexity index is 682. The van der Waals surface area contributed by atoms with Gasteiger partial charge in [0.1, 0.15) is 5.82 Å². The molecule has 2 aromatic carbocycles. The lowest BCUT2D eigenvalue weighted by molar-refractivity contribution is -0.123. The Balaban J connectivity index is 1.99. The molecule has 1 N–H and O–H groups in total. The van der Waals surface area contributed by atoms with Crippen molar-refractivity contribution in [1.29, 1.82) is 0 Å². The number of piperidine rings is 1. The minimum Gasteiger partial charge on any atom is -0.349 e. The minimum atomic E-state index is -0.366. The number of halogens is 3. The smallest absolute Gasteiger partial charge is 0.220 e. The third-order valence-electron chi connectivity index (χ3n) is 3.94. The summed E-state index contributed by atoms with van der Waals surface area (Å²) >= 11 is 11.9. The summed E-state index contributed by atoms with van der Waals surface area (Å²) in [5, 5.41) is 3.99. The van der Waals surface area contributed by atoms with E-state index in [1.54, 1.807) is 18.2 Å². The van der Waals surface area contributed by atoms with Gasteiger partial charge in [0.2, 0.25) is 5.91 Å². The summed E-state index contributed by atoms with van der Waals surface area (Å²) < 4.78 is 13.7. The molecule has 114 valence electrons. The van der Waals surface area contributed by atoms with Gasteiger partial charge in [-0.25, -0.2) is 4.39 Å². The number of amides is 1. The summed E-state index contributed by atoms with van der Waals surface area (Å²) in [5.74, 6) is -0.389. The molecular weight excluding hydrogens is 324 g/mol. The number of rotatable bonds is 2. The van der Waals surface area contributed by atoms with Crippen molar-refractivity contribution in [1.82, 2.24) is 5.32 Å². The van der Waals surface area contributed by atoms with Crippen LogP contribution in [0, 0.1) is 5.82 Å². The van der Waals surface area contributed by atoms with E-state index >= 15 is 0 Å². The van der Waals surface area contributed by atoms with Gasteiger partial charge < -0.3 is 5.32 Å². The number of benzene rings is 2. The van der Waals surface area contributed by atoms with Crippen molar-refractivity contribution in [2.75, 3.05) is 0 Å². The fourth-order valence-electron chi connectivity index (χ4n) is 2.93. The lowest BCUT2D eigenvalue weighted by Crippen LogP contribution is -2.37. The molecule has 0 spiro atoms. The first-order valence-corrected chi connectivity index (χ1v) is 7.79. The van der Waals surface area contributed by atoms with Crippen LogP contribution in [0.15, 0.2) is 42.5 Å². The van der Waals surface area contributed by atoms with E-state index in [2.05, 4.69) is 5.32 Å². The van der Waals surface area contributed by atoms with Gasteiger partial charge >= 0.3 is 0 Å². The van der Waals surface area contributed by atoms with Gasteiger partial charge in [-0.3, -0.25) is 4.79 Å². The van der Waals surface area contributed by atoms with Gasteiger partial charge in [-0.15, -0.1) is 0 Å². The zero-order valence-corrected chi connectivity index (χ0v) is 13.2. The average Bonchev–Trinajstić information content (AvgIpc) is 2.47. The van der Waals surface area contributed by atoms with E-state index in [9.17, 15) is 9.18 Å². The standard InChI is InChI=1S/C17H14Cl2FNO/c18-12-3-1-10(2-4-12)17-15(5-6-16(22)21-17)11-7-13(19)9-14(20)8-11/h1-4,7-9,15,17H,5-6H2,(H,21,22). The average molecular weight is 338 g/mol. The minimum absolute atomic E-state index is 0.00120. The molecule has 22 heavy (non-hydrogen) atoms. The van der Waals surface area contributed by atoms with E-state index in [0.717, 1.165) is 11.1 Å². The first kappa shape index (κ1) is 15.3. The number of hydrogen-bond acceptors (Lipinski definition) is 1. The highest BCUT2D eigenvalue weighted by molar-refractivity contribution is 6.30. The summed E-state index contributed by atoms with van der Waals surface area (Å²) in [6, 6.07) is 11.6. The summed E-state index contributed by atoms with van der Waals surface area (Å²) in [6.45, 7) is 0. The van der Waals surface area contributed by atoms with Crippen molar-refractivity contribution < 1.29 is 9.18 Å². The molecule has 2 aromatic rings. The Kier molecular flexibility index (Phi) is 4.37. The largest absolute Gasteiger partial charge is 0.349 e. The molecule has 0 radical (unpaired) electrons. The molecule has 5 heteroatoms. The fraction of sp³-hybridized carbons (Fsp3) is 0.235. The zero-order valence-electron chi connectivity index (χ0n) is 11.7. The molecule has 2 unspecified atom stereocenters. The van der Waals surface area contributed by atoms with E-state index in [1.807, 2.05) is 12.1 Å². The van der Waals surface area contributed by atoms with Crippen molar-refractivity contribution in [2.45, 2.75) is 24.8 Å². The van der Waals surface area contributed by atoms with Gasteiger partial charge in [0, 0.05) is 22.4 Å². The second-order valence-corrected chi connectivity index (χ2v) is 6.32. The van der Waals surface area contributed by atoms with Crippen LogP contribution in [0.1, 0.15) is 35.9 Å². The normalized spacial score (nSPS) is 21.5. The zero-order chi connectivity index (χ0) is 15.7. The summed E-state index contributed by atoms with van der Waals surface area (Å²) in [7, 11) is 0. The molecule has 2 atom stereocenters. The lowest BCUT2D eigenvalue weighted by atomic mass is 9.81. The third-order valence-corrected chi connectivity index (χ3v) is 4.41. The SMILES string of the molecule is O=C1CCC(c2cc(F)cc(Cl)c2)C(c2ccc(Cl)cc2)N1. The third kappa shape index (κ3) is 3.26. The van der Waals surface area contributed by atoms with Crippen molar-refractivity contribution in [3.8, 4) is 0 Å². The molecule has 0 saturated carbocycles. The maximum absolute atomic E-state index is 13.7. The Hall–Kier alpha value is -1.58. The Morgan fingerprint density at radius 1 is 1.00 bits per heavy atom. The number of nitrogens with one attached hydrogen (secondary N) is 1. The molecule has 1 heterocycles. The quantitative estimate of drug-likeness (QED) is 0.832. The molecule has 1 amide bonds. The van der Waals surface area contributed by atoms with Gasteiger partial charge in [-0.05, 0) is 47.9 Å².